The first-order valence-electron chi connectivity index (χ1n) is 7.66. The minimum absolute atomic E-state index is 0.0954. The zero-order chi connectivity index (χ0) is 18.1. The second-order valence-corrected chi connectivity index (χ2v) is 5.92. The van der Waals surface area contributed by atoms with E-state index in [1.807, 2.05) is 31.2 Å². The molecular formula is C20H15FN2O2. The van der Waals surface area contributed by atoms with Gasteiger partial charge >= 0.3 is 5.91 Å². The Kier molecular flexibility index (Phi) is 4.23. The van der Waals surface area contributed by atoms with E-state index in [0.717, 1.165) is 11.1 Å². The molecule has 1 amide bonds. The van der Waals surface area contributed by atoms with E-state index in [4.69, 9.17) is 0 Å². The van der Waals surface area contributed by atoms with Crippen LogP contribution in [0.5, 0.6) is 0 Å². The highest BCUT2D eigenvalue weighted by atomic mass is 19.1. The summed E-state index contributed by atoms with van der Waals surface area (Å²) in [4.78, 5) is 27.4. The van der Waals surface area contributed by atoms with Crippen molar-refractivity contribution < 1.29 is 9.18 Å². The van der Waals surface area contributed by atoms with Gasteiger partial charge in [0.15, 0.2) is 0 Å². The number of aromatic nitrogens is 1. The fourth-order valence-corrected chi connectivity index (χ4v) is 2.77. The van der Waals surface area contributed by atoms with Crippen molar-refractivity contribution in [3.63, 3.8) is 0 Å². The van der Waals surface area contributed by atoms with Crippen LogP contribution in [-0.4, -0.2) is 10.9 Å². The van der Waals surface area contributed by atoms with Gasteiger partial charge in [0.2, 0.25) is 0 Å². The largest absolute Gasteiger partial charge is 0.317 e. The van der Waals surface area contributed by atoms with E-state index in [9.17, 15) is 14.1 Å². The van der Waals surface area contributed by atoms with Gasteiger partial charge in [0, 0.05) is 21.7 Å². The van der Waals surface area contributed by atoms with Crippen LogP contribution in [0, 0.1) is 17.6 Å². The summed E-state index contributed by atoms with van der Waals surface area (Å²) in [6, 6.07) is 11.7. The maximum Gasteiger partial charge on any atom is 0.317 e. The normalized spacial score (nSPS) is 10.7. The lowest BCUT2D eigenvalue weighted by atomic mass is 9.98. The van der Waals surface area contributed by atoms with E-state index >= 15 is 0 Å². The highest BCUT2D eigenvalue weighted by Gasteiger charge is 2.19. The maximum absolute atomic E-state index is 14.3. The SMILES string of the molecule is C=C(C)c1c(F)ccc2c(C(=O)N=O)cc(-c3ccc(C)cc3)nc12. The first-order chi connectivity index (χ1) is 11.9. The van der Waals surface area contributed by atoms with Crippen LogP contribution in [0.2, 0.25) is 0 Å². The van der Waals surface area contributed by atoms with Gasteiger partial charge in [-0.2, -0.15) is 0 Å². The van der Waals surface area contributed by atoms with Crippen LogP contribution in [0.3, 0.4) is 0 Å². The van der Waals surface area contributed by atoms with Crippen molar-refractivity contribution in [2.75, 3.05) is 0 Å². The number of pyridine rings is 1. The number of fused-ring (bicyclic) bond motifs is 1. The van der Waals surface area contributed by atoms with E-state index in [-0.39, 0.29) is 16.6 Å². The molecule has 0 radical (unpaired) electrons. The summed E-state index contributed by atoms with van der Waals surface area (Å²) in [7, 11) is 0. The maximum atomic E-state index is 14.3. The van der Waals surface area contributed by atoms with Crippen molar-refractivity contribution >= 4 is 22.4 Å². The molecule has 0 saturated heterocycles. The first kappa shape index (κ1) is 16.6. The quantitative estimate of drug-likeness (QED) is 0.612. The predicted octanol–water partition coefficient (Wildman–Crippen LogP) is 5.29. The Balaban J connectivity index is 2.42. The van der Waals surface area contributed by atoms with Gasteiger partial charge in [-0.05, 0) is 37.6 Å². The van der Waals surface area contributed by atoms with Crippen molar-refractivity contribution in [2.45, 2.75) is 13.8 Å². The van der Waals surface area contributed by atoms with Crippen molar-refractivity contribution in [1.82, 2.24) is 4.98 Å². The number of allylic oxidation sites excluding steroid dienone is 1. The smallest absolute Gasteiger partial charge is 0.263 e. The molecule has 1 heterocycles. The van der Waals surface area contributed by atoms with Gasteiger partial charge in [-0.15, -0.1) is 4.91 Å². The monoisotopic (exact) mass is 334 g/mol. The van der Waals surface area contributed by atoms with Crippen molar-refractivity contribution in [3.8, 4) is 11.3 Å². The lowest BCUT2D eigenvalue weighted by molar-refractivity contribution is 0.100. The standard InChI is InChI=1S/C20H15FN2O2/c1-11(2)18-16(21)9-8-14-15(20(24)23-25)10-17(22-19(14)18)13-6-4-12(3)5-7-13/h4-10H,1H2,2-3H3. The summed E-state index contributed by atoms with van der Waals surface area (Å²) in [6.07, 6.45) is 0. The number of carbonyl (C=O) groups is 1. The Morgan fingerprint density at radius 3 is 2.44 bits per heavy atom. The predicted molar refractivity (Wildman–Crippen MR) is 96.7 cm³/mol. The van der Waals surface area contributed by atoms with Crippen LogP contribution < -0.4 is 0 Å². The molecule has 0 saturated carbocycles. The molecule has 0 bridgehead atoms. The summed E-state index contributed by atoms with van der Waals surface area (Å²) in [5.74, 6) is -1.40. The van der Waals surface area contributed by atoms with Crippen LogP contribution >= 0.6 is 0 Å². The molecule has 4 nitrogen and oxygen atoms in total. The zero-order valence-corrected chi connectivity index (χ0v) is 13.8. The Morgan fingerprint density at radius 2 is 1.84 bits per heavy atom. The number of amides is 1. The molecule has 0 aliphatic rings. The van der Waals surface area contributed by atoms with Gasteiger partial charge in [-0.3, -0.25) is 4.79 Å². The molecule has 2 aromatic carbocycles. The molecule has 0 aliphatic carbocycles. The lowest BCUT2D eigenvalue weighted by Crippen LogP contribution is -2.01. The molecule has 0 atom stereocenters. The van der Waals surface area contributed by atoms with Crippen molar-refractivity contribution in [3.05, 3.63) is 76.5 Å². The van der Waals surface area contributed by atoms with E-state index < -0.39 is 11.7 Å². The number of hydrogen-bond acceptors (Lipinski definition) is 3. The number of rotatable bonds is 3. The Hall–Kier alpha value is -3.21. The van der Waals surface area contributed by atoms with Gasteiger partial charge in [-0.25, -0.2) is 9.37 Å². The number of halogens is 1. The van der Waals surface area contributed by atoms with E-state index in [1.165, 1.54) is 18.2 Å². The third-order valence-corrected chi connectivity index (χ3v) is 4.02. The number of carbonyl (C=O) groups excluding carboxylic acids is 1. The molecule has 0 unspecified atom stereocenters. The first-order valence-corrected chi connectivity index (χ1v) is 7.66. The van der Waals surface area contributed by atoms with E-state index in [0.29, 0.717) is 16.7 Å². The summed E-state index contributed by atoms with van der Waals surface area (Å²) in [5.41, 5.74) is 3.39. The molecule has 124 valence electrons. The summed E-state index contributed by atoms with van der Waals surface area (Å²) < 4.78 is 14.3. The molecule has 0 N–H and O–H groups in total. The van der Waals surface area contributed by atoms with Gasteiger partial charge < -0.3 is 0 Å². The molecule has 0 fully saturated rings. The Morgan fingerprint density at radius 1 is 1.16 bits per heavy atom. The average molecular weight is 334 g/mol. The van der Waals surface area contributed by atoms with E-state index in [1.54, 1.807) is 6.92 Å². The second-order valence-electron chi connectivity index (χ2n) is 5.92. The average Bonchev–Trinajstić information content (AvgIpc) is 2.60. The van der Waals surface area contributed by atoms with Crippen LogP contribution in [0.25, 0.3) is 27.7 Å². The van der Waals surface area contributed by atoms with Gasteiger partial charge in [0.05, 0.1) is 16.8 Å². The fraction of sp³-hybridized carbons (Fsp3) is 0.100. The Bertz CT molecular complexity index is 1020. The minimum Gasteiger partial charge on any atom is -0.263 e. The molecule has 1 aromatic heterocycles. The van der Waals surface area contributed by atoms with Crippen molar-refractivity contribution in [1.29, 1.82) is 0 Å². The molecule has 3 rings (SSSR count). The Labute approximate surface area is 144 Å². The number of nitroso groups, excluding NO2 is 1. The van der Waals surface area contributed by atoms with E-state index in [2.05, 4.69) is 16.7 Å². The third-order valence-electron chi connectivity index (χ3n) is 4.02. The van der Waals surface area contributed by atoms with Crippen LogP contribution in [0.1, 0.15) is 28.4 Å². The van der Waals surface area contributed by atoms with Crippen LogP contribution in [0.4, 0.5) is 4.39 Å². The van der Waals surface area contributed by atoms with Gasteiger partial charge in [-0.1, -0.05) is 36.4 Å². The van der Waals surface area contributed by atoms with Crippen molar-refractivity contribution in [2.24, 2.45) is 5.18 Å². The second kappa shape index (κ2) is 6.36. The molecule has 0 spiro atoms. The molecular weight excluding hydrogens is 319 g/mol. The summed E-state index contributed by atoms with van der Waals surface area (Å²) in [5, 5.41) is 2.90. The highest BCUT2D eigenvalue weighted by Crippen LogP contribution is 2.31. The zero-order valence-electron chi connectivity index (χ0n) is 13.8. The van der Waals surface area contributed by atoms with Crippen LogP contribution in [-0.2, 0) is 0 Å². The molecule has 25 heavy (non-hydrogen) atoms. The molecule has 3 aromatic rings. The number of benzene rings is 2. The van der Waals surface area contributed by atoms with Gasteiger partial charge in [0.1, 0.15) is 5.82 Å². The highest BCUT2D eigenvalue weighted by molar-refractivity contribution is 6.09. The number of nitrogens with zero attached hydrogens (tertiary/aromatic N) is 2. The fourth-order valence-electron chi connectivity index (χ4n) is 2.77. The van der Waals surface area contributed by atoms with Gasteiger partial charge in [0.25, 0.3) is 0 Å². The number of aryl methyl sites for hydroxylation is 1. The molecule has 5 heteroatoms. The topological polar surface area (TPSA) is 59.4 Å². The third kappa shape index (κ3) is 2.96. The lowest BCUT2D eigenvalue weighted by Gasteiger charge is -2.12. The summed E-state index contributed by atoms with van der Waals surface area (Å²) in [6.45, 7) is 7.41. The summed E-state index contributed by atoms with van der Waals surface area (Å²) >= 11 is 0. The number of hydrogen-bond donors (Lipinski definition) is 0. The van der Waals surface area contributed by atoms with Crippen LogP contribution in [0.15, 0.2) is 54.2 Å². The molecule has 0 aliphatic heterocycles. The minimum atomic E-state index is -0.917.